The first-order valence-corrected chi connectivity index (χ1v) is 8.92. The molecule has 7 heteroatoms. The van der Waals surface area contributed by atoms with Gasteiger partial charge in [-0.3, -0.25) is 9.89 Å². The summed E-state index contributed by atoms with van der Waals surface area (Å²) in [6, 6.07) is 13.9. The van der Waals surface area contributed by atoms with E-state index in [9.17, 15) is 4.79 Å². The fourth-order valence-electron chi connectivity index (χ4n) is 3.06. The van der Waals surface area contributed by atoms with Crippen molar-refractivity contribution in [2.45, 2.75) is 0 Å². The van der Waals surface area contributed by atoms with Gasteiger partial charge in [0.15, 0.2) is 5.13 Å². The van der Waals surface area contributed by atoms with Crippen LogP contribution in [-0.4, -0.2) is 34.2 Å². The van der Waals surface area contributed by atoms with Gasteiger partial charge in [-0.1, -0.05) is 23.5 Å². The average Bonchev–Trinajstić information content (AvgIpc) is 3.18. The van der Waals surface area contributed by atoms with E-state index in [1.807, 2.05) is 36.4 Å². The molecule has 124 valence electrons. The number of hydrogen-bond donors (Lipinski definition) is 2. The number of rotatable bonds is 3. The van der Waals surface area contributed by atoms with Crippen molar-refractivity contribution < 1.29 is 4.79 Å². The van der Waals surface area contributed by atoms with Crippen LogP contribution >= 0.6 is 11.3 Å². The van der Waals surface area contributed by atoms with Crippen LogP contribution in [0.1, 0.15) is 0 Å². The van der Waals surface area contributed by atoms with Gasteiger partial charge in [0, 0.05) is 24.2 Å². The lowest BCUT2D eigenvalue weighted by molar-refractivity contribution is -0.120. The normalized spacial score (nSPS) is 14.8. The smallest absolute Gasteiger partial charge is 0.231 e. The van der Waals surface area contributed by atoms with Crippen LogP contribution in [0, 0.1) is 5.92 Å². The summed E-state index contributed by atoms with van der Waals surface area (Å²) < 4.78 is 1.18. The summed E-state index contributed by atoms with van der Waals surface area (Å²) in [5, 5.41) is 11.9. The zero-order valence-electron chi connectivity index (χ0n) is 13.3. The SMILES string of the molecule is O=C(Nc1ccc2cn[nH]c2c1)C1CN(c2nc3ccccc3s2)C1. The Kier molecular flexibility index (Phi) is 3.21. The second kappa shape index (κ2) is 5.56. The fourth-order valence-corrected chi connectivity index (χ4v) is 4.04. The average molecular weight is 349 g/mol. The number of carbonyl (C=O) groups excluding carboxylic acids is 1. The molecule has 0 radical (unpaired) electrons. The first-order chi connectivity index (χ1) is 12.3. The minimum Gasteiger partial charge on any atom is -0.346 e. The summed E-state index contributed by atoms with van der Waals surface area (Å²) >= 11 is 1.67. The molecule has 0 aliphatic carbocycles. The summed E-state index contributed by atoms with van der Waals surface area (Å²) in [5.74, 6) is 0.0423. The standard InChI is InChI=1S/C18H15N5OS/c24-17(20-13-6-5-11-8-19-22-15(11)7-13)12-9-23(10-12)18-21-14-3-1-2-4-16(14)25-18/h1-8,12H,9-10H2,(H,19,22)(H,20,24). The van der Waals surface area contributed by atoms with E-state index in [0.29, 0.717) is 13.1 Å². The molecule has 0 atom stereocenters. The van der Waals surface area contributed by atoms with E-state index in [0.717, 1.165) is 27.2 Å². The Bertz CT molecular complexity index is 1050. The van der Waals surface area contributed by atoms with Gasteiger partial charge in [-0.15, -0.1) is 0 Å². The van der Waals surface area contributed by atoms with Crippen molar-refractivity contribution in [3.05, 3.63) is 48.7 Å². The highest BCUT2D eigenvalue weighted by molar-refractivity contribution is 7.22. The Hall–Kier alpha value is -2.93. The third-order valence-corrected chi connectivity index (χ3v) is 5.61. The number of carbonyl (C=O) groups is 1. The van der Waals surface area contributed by atoms with Gasteiger partial charge in [0.1, 0.15) is 0 Å². The predicted molar refractivity (Wildman–Crippen MR) is 100 cm³/mol. The summed E-state index contributed by atoms with van der Waals surface area (Å²) in [6.07, 6.45) is 1.77. The molecule has 1 aliphatic rings. The van der Waals surface area contributed by atoms with Gasteiger partial charge in [0.25, 0.3) is 0 Å². The van der Waals surface area contributed by atoms with Crippen LogP contribution < -0.4 is 10.2 Å². The van der Waals surface area contributed by atoms with E-state index in [-0.39, 0.29) is 11.8 Å². The van der Waals surface area contributed by atoms with E-state index >= 15 is 0 Å². The van der Waals surface area contributed by atoms with E-state index in [4.69, 9.17) is 0 Å². The van der Waals surface area contributed by atoms with Gasteiger partial charge in [-0.25, -0.2) is 4.98 Å². The monoisotopic (exact) mass is 349 g/mol. The Morgan fingerprint density at radius 2 is 2.12 bits per heavy atom. The predicted octanol–water partition coefficient (Wildman–Crippen LogP) is 3.25. The van der Waals surface area contributed by atoms with Gasteiger partial charge < -0.3 is 10.2 Å². The zero-order chi connectivity index (χ0) is 16.8. The van der Waals surface area contributed by atoms with Crippen molar-refractivity contribution in [2.75, 3.05) is 23.3 Å². The molecule has 0 unspecified atom stereocenters. The highest BCUT2D eigenvalue weighted by Gasteiger charge is 2.34. The van der Waals surface area contributed by atoms with Crippen molar-refractivity contribution >= 4 is 49.2 Å². The number of aromatic nitrogens is 3. The maximum absolute atomic E-state index is 12.4. The van der Waals surface area contributed by atoms with Crippen LogP contribution in [0.25, 0.3) is 21.1 Å². The molecule has 1 fully saturated rings. The Morgan fingerprint density at radius 3 is 3.00 bits per heavy atom. The lowest BCUT2D eigenvalue weighted by Crippen LogP contribution is -2.52. The van der Waals surface area contributed by atoms with Crippen molar-refractivity contribution in [3.63, 3.8) is 0 Å². The molecule has 1 saturated heterocycles. The van der Waals surface area contributed by atoms with Crippen LogP contribution in [0.15, 0.2) is 48.7 Å². The highest BCUT2D eigenvalue weighted by atomic mass is 32.1. The first-order valence-electron chi connectivity index (χ1n) is 8.11. The molecular weight excluding hydrogens is 334 g/mol. The third kappa shape index (κ3) is 2.53. The van der Waals surface area contributed by atoms with Crippen LogP contribution in [0.3, 0.4) is 0 Å². The maximum atomic E-state index is 12.4. The molecule has 2 aromatic carbocycles. The Morgan fingerprint density at radius 1 is 1.24 bits per heavy atom. The van der Waals surface area contributed by atoms with E-state index in [2.05, 4.69) is 31.5 Å². The molecule has 2 N–H and O–H groups in total. The first kappa shape index (κ1) is 14.4. The number of nitrogens with one attached hydrogen (secondary N) is 2. The van der Waals surface area contributed by atoms with Gasteiger partial charge in [0.05, 0.1) is 27.8 Å². The number of amides is 1. The number of benzene rings is 2. The van der Waals surface area contributed by atoms with Gasteiger partial charge in [0.2, 0.25) is 5.91 Å². The number of thiazole rings is 1. The number of fused-ring (bicyclic) bond motifs is 2. The Labute approximate surface area is 147 Å². The topological polar surface area (TPSA) is 73.9 Å². The third-order valence-electron chi connectivity index (χ3n) is 4.51. The molecule has 2 aromatic heterocycles. The number of para-hydroxylation sites is 1. The van der Waals surface area contributed by atoms with E-state index in [1.165, 1.54) is 4.70 Å². The summed E-state index contributed by atoms with van der Waals surface area (Å²) in [7, 11) is 0. The molecule has 1 aliphatic heterocycles. The summed E-state index contributed by atoms with van der Waals surface area (Å²) in [4.78, 5) is 19.2. The van der Waals surface area contributed by atoms with Gasteiger partial charge in [-0.05, 0) is 30.3 Å². The molecule has 0 saturated carbocycles. The molecule has 25 heavy (non-hydrogen) atoms. The van der Waals surface area contributed by atoms with Crippen molar-refractivity contribution in [1.29, 1.82) is 0 Å². The molecule has 6 nitrogen and oxygen atoms in total. The van der Waals surface area contributed by atoms with E-state index < -0.39 is 0 Å². The lowest BCUT2D eigenvalue weighted by atomic mass is 10.00. The zero-order valence-corrected chi connectivity index (χ0v) is 14.1. The van der Waals surface area contributed by atoms with Crippen LogP contribution in [-0.2, 0) is 4.79 Å². The molecule has 1 amide bonds. The fraction of sp³-hybridized carbons (Fsp3) is 0.167. The van der Waals surface area contributed by atoms with Gasteiger partial charge >= 0.3 is 0 Å². The van der Waals surface area contributed by atoms with Crippen LogP contribution in [0.4, 0.5) is 10.8 Å². The molecule has 0 bridgehead atoms. The molecule has 3 heterocycles. The summed E-state index contributed by atoms with van der Waals surface area (Å²) in [6.45, 7) is 1.41. The molecule has 5 rings (SSSR count). The van der Waals surface area contributed by atoms with Crippen LogP contribution in [0.5, 0.6) is 0 Å². The van der Waals surface area contributed by atoms with Crippen molar-refractivity contribution in [1.82, 2.24) is 15.2 Å². The highest BCUT2D eigenvalue weighted by Crippen LogP contribution is 2.33. The minimum atomic E-state index is -0.00974. The lowest BCUT2D eigenvalue weighted by Gasteiger charge is -2.37. The molecule has 0 spiro atoms. The minimum absolute atomic E-state index is 0.00974. The number of H-pyrrole nitrogens is 1. The van der Waals surface area contributed by atoms with Crippen molar-refractivity contribution in [3.8, 4) is 0 Å². The Balaban J connectivity index is 1.25. The second-order valence-electron chi connectivity index (χ2n) is 6.23. The number of aromatic amines is 1. The van der Waals surface area contributed by atoms with E-state index in [1.54, 1.807) is 17.5 Å². The van der Waals surface area contributed by atoms with Gasteiger partial charge in [-0.2, -0.15) is 5.10 Å². The largest absolute Gasteiger partial charge is 0.346 e. The van der Waals surface area contributed by atoms with Crippen LogP contribution in [0.2, 0.25) is 0 Å². The number of anilines is 2. The summed E-state index contributed by atoms with van der Waals surface area (Å²) in [5.41, 5.74) is 2.73. The maximum Gasteiger partial charge on any atom is 0.231 e. The number of hydrogen-bond acceptors (Lipinski definition) is 5. The number of nitrogens with zero attached hydrogens (tertiary/aromatic N) is 3. The van der Waals surface area contributed by atoms with Crippen molar-refractivity contribution in [2.24, 2.45) is 5.92 Å². The molecule has 4 aromatic rings. The quantitative estimate of drug-likeness (QED) is 0.595. The molecular formula is C18H15N5OS. The second-order valence-corrected chi connectivity index (χ2v) is 7.24.